The molecule has 1 amide bonds. The van der Waals surface area contributed by atoms with Crippen molar-refractivity contribution in [3.05, 3.63) is 0 Å². The molecule has 92 valence electrons. The van der Waals surface area contributed by atoms with Gasteiger partial charge in [0.2, 0.25) is 5.91 Å². The molecule has 0 unspecified atom stereocenters. The minimum Gasteiger partial charge on any atom is -0.480 e. The largest absolute Gasteiger partial charge is 0.480 e. The van der Waals surface area contributed by atoms with E-state index in [2.05, 4.69) is 19.2 Å². The highest BCUT2D eigenvalue weighted by atomic mass is 16.4. The first-order chi connectivity index (χ1) is 7.19. The van der Waals surface area contributed by atoms with E-state index in [1.54, 1.807) is 0 Å². The van der Waals surface area contributed by atoms with Gasteiger partial charge >= 0.3 is 5.97 Å². The zero-order valence-corrected chi connectivity index (χ0v) is 10.5. The lowest BCUT2D eigenvalue weighted by Crippen LogP contribution is -2.52. The van der Waals surface area contributed by atoms with E-state index in [0.29, 0.717) is 5.92 Å². The Morgan fingerprint density at radius 1 is 1.38 bits per heavy atom. The van der Waals surface area contributed by atoms with E-state index in [4.69, 9.17) is 5.11 Å². The van der Waals surface area contributed by atoms with Gasteiger partial charge < -0.3 is 10.4 Å². The Morgan fingerprint density at radius 2 is 1.88 bits per heavy atom. The molecule has 0 heterocycles. The van der Waals surface area contributed by atoms with Gasteiger partial charge in [0, 0.05) is 5.41 Å². The van der Waals surface area contributed by atoms with Crippen LogP contribution in [0.4, 0.5) is 0 Å². The molecule has 1 aliphatic rings. The summed E-state index contributed by atoms with van der Waals surface area (Å²) < 4.78 is 0. The summed E-state index contributed by atoms with van der Waals surface area (Å²) in [5.41, 5.74) is -1.47. The molecule has 1 saturated carbocycles. The standard InChI is InChI=1S/C12H21NO3/c1-8(2)7-12(5-6-12)9(14)13-11(3,4)10(15)16/h8H,5-7H2,1-4H3,(H,13,14)(H,15,16). The van der Waals surface area contributed by atoms with Crippen LogP contribution in [0.25, 0.3) is 0 Å². The van der Waals surface area contributed by atoms with Crippen molar-refractivity contribution in [3.8, 4) is 0 Å². The maximum Gasteiger partial charge on any atom is 0.328 e. The van der Waals surface area contributed by atoms with Gasteiger partial charge in [0.25, 0.3) is 0 Å². The summed E-state index contributed by atoms with van der Waals surface area (Å²) in [5.74, 6) is -0.643. The molecular formula is C12H21NO3. The van der Waals surface area contributed by atoms with Crippen molar-refractivity contribution in [3.63, 3.8) is 0 Å². The van der Waals surface area contributed by atoms with Crippen LogP contribution in [0.3, 0.4) is 0 Å². The SMILES string of the molecule is CC(C)CC1(C(=O)NC(C)(C)C(=O)O)CC1. The van der Waals surface area contributed by atoms with Crippen LogP contribution in [0, 0.1) is 11.3 Å². The third kappa shape index (κ3) is 2.74. The van der Waals surface area contributed by atoms with E-state index in [1.165, 1.54) is 13.8 Å². The molecule has 0 saturated heterocycles. The van der Waals surface area contributed by atoms with Gasteiger partial charge in [0.15, 0.2) is 0 Å². The van der Waals surface area contributed by atoms with E-state index < -0.39 is 11.5 Å². The lowest BCUT2D eigenvalue weighted by Gasteiger charge is -2.25. The number of carbonyl (C=O) groups excluding carboxylic acids is 1. The van der Waals surface area contributed by atoms with Crippen molar-refractivity contribution in [1.29, 1.82) is 0 Å². The van der Waals surface area contributed by atoms with Crippen molar-refractivity contribution in [2.45, 2.75) is 52.5 Å². The van der Waals surface area contributed by atoms with Gasteiger partial charge in [-0.15, -0.1) is 0 Å². The molecule has 1 aliphatic carbocycles. The fourth-order valence-corrected chi connectivity index (χ4v) is 1.93. The Morgan fingerprint density at radius 3 is 2.19 bits per heavy atom. The Labute approximate surface area is 96.4 Å². The topological polar surface area (TPSA) is 66.4 Å². The van der Waals surface area contributed by atoms with Gasteiger partial charge in [-0.3, -0.25) is 4.79 Å². The summed E-state index contributed by atoms with van der Waals surface area (Å²) in [6.45, 7) is 7.18. The second-order valence-electron chi connectivity index (χ2n) is 5.76. The highest BCUT2D eigenvalue weighted by molar-refractivity contribution is 5.91. The summed E-state index contributed by atoms with van der Waals surface area (Å²) in [7, 11) is 0. The minimum atomic E-state index is -1.18. The summed E-state index contributed by atoms with van der Waals surface area (Å²) >= 11 is 0. The molecule has 4 heteroatoms. The molecule has 1 fully saturated rings. The van der Waals surface area contributed by atoms with Gasteiger partial charge in [-0.2, -0.15) is 0 Å². The van der Waals surface area contributed by atoms with E-state index in [9.17, 15) is 9.59 Å². The Bertz CT molecular complexity index is 303. The van der Waals surface area contributed by atoms with E-state index in [1.807, 2.05) is 0 Å². The first-order valence-corrected chi connectivity index (χ1v) is 5.76. The molecule has 0 spiro atoms. The molecule has 1 rings (SSSR count). The number of hydrogen-bond acceptors (Lipinski definition) is 2. The third-order valence-corrected chi connectivity index (χ3v) is 3.09. The van der Waals surface area contributed by atoms with Gasteiger partial charge in [-0.05, 0) is 39.0 Å². The molecule has 0 aromatic rings. The zero-order valence-electron chi connectivity index (χ0n) is 10.5. The van der Waals surface area contributed by atoms with Crippen LogP contribution in [0.1, 0.15) is 47.0 Å². The third-order valence-electron chi connectivity index (χ3n) is 3.09. The molecule has 0 aromatic carbocycles. The summed E-state index contributed by atoms with van der Waals surface area (Å²) in [6, 6.07) is 0. The van der Waals surface area contributed by atoms with Crippen LogP contribution in [0.5, 0.6) is 0 Å². The van der Waals surface area contributed by atoms with E-state index in [0.717, 1.165) is 19.3 Å². The lowest BCUT2D eigenvalue weighted by molar-refractivity contribution is -0.147. The van der Waals surface area contributed by atoms with Crippen LogP contribution >= 0.6 is 0 Å². The average molecular weight is 227 g/mol. The molecular weight excluding hydrogens is 206 g/mol. The van der Waals surface area contributed by atoms with Gasteiger partial charge in [0.1, 0.15) is 5.54 Å². The fourth-order valence-electron chi connectivity index (χ4n) is 1.93. The van der Waals surface area contributed by atoms with Crippen LogP contribution < -0.4 is 5.32 Å². The minimum absolute atomic E-state index is 0.103. The molecule has 0 atom stereocenters. The Balaban J connectivity index is 2.63. The average Bonchev–Trinajstić information content (AvgIpc) is 2.83. The van der Waals surface area contributed by atoms with Gasteiger partial charge in [-0.25, -0.2) is 4.79 Å². The molecule has 0 aliphatic heterocycles. The molecule has 2 N–H and O–H groups in total. The van der Waals surface area contributed by atoms with Crippen LogP contribution in [0.15, 0.2) is 0 Å². The van der Waals surface area contributed by atoms with Crippen molar-refractivity contribution in [1.82, 2.24) is 5.32 Å². The predicted molar refractivity (Wildman–Crippen MR) is 61.0 cm³/mol. The van der Waals surface area contributed by atoms with Crippen molar-refractivity contribution >= 4 is 11.9 Å². The highest BCUT2D eigenvalue weighted by Gasteiger charge is 2.51. The lowest BCUT2D eigenvalue weighted by atomic mass is 9.92. The number of amides is 1. The van der Waals surface area contributed by atoms with Crippen LogP contribution in [0.2, 0.25) is 0 Å². The summed E-state index contributed by atoms with van der Waals surface area (Å²) in [6.07, 6.45) is 2.61. The second kappa shape index (κ2) is 4.07. The number of hydrogen-bond donors (Lipinski definition) is 2. The Kier molecular flexibility index (Phi) is 3.31. The first-order valence-electron chi connectivity index (χ1n) is 5.76. The monoisotopic (exact) mass is 227 g/mol. The maximum atomic E-state index is 12.0. The van der Waals surface area contributed by atoms with Crippen LogP contribution in [-0.4, -0.2) is 22.5 Å². The predicted octanol–water partition coefficient (Wildman–Crippen LogP) is 1.79. The molecule has 0 bridgehead atoms. The number of carboxylic acids is 1. The second-order valence-corrected chi connectivity index (χ2v) is 5.76. The highest BCUT2D eigenvalue weighted by Crippen LogP contribution is 2.51. The molecule has 0 radical (unpaired) electrons. The number of aliphatic carboxylic acids is 1. The maximum absolute atomic E-state index is 12.0. The first kappa shape index (κ1) is 13.0. The number of nitrogens with one attached hydrogen (secondary N) is 1. The van der Waals surface area contributed by atoms with Crippen LogP contribution in [-0.2, 0) is 9.59 Å². The van der Waals surface area contributed by atoms with Crippen molar-refractivity contribution in [2.24, 2.45) is 11.3 Å². The fraction of sp³-hybridized carbons (Fsp3) is 0.833. The van der Waals surface area contributed by atoms with Crippen molar-refractivity contribution < 1.29 is 14.7 Å². The van der Waals surface area contributed by atoms with Crippen molar-refractivity contribution in [2.75, 3.05) is 0 Å². The Hall–Kier alpha value is -1.06. The number of rotatable bonds is 5. The molecule has 0 aromatic heterocycles. The molecule has 16 heavy (non-hydrogen) atoms. The zero-order chi connectivity index (χ0) is 12.6. The quantitative estimate of drug-likeness (QED) is 0.752. The van der Waals surface area contributed by atoms with Gasteiger partial charge in [0.05, 0.1) is 0 Å². The molecule has 4 nitrogen and oxygen atoms in total. The number of carboxylic acid groups (broad SMARTS) is 1. The summed E-state index contributed by atoms with van der Waals surface area (Å²) in [4.78, 5) is 22.9. The van der Waals surface area contributed by atoms with E-state index >= 15 is 0 Å². The smallest absolute Gasteiger partial charge is 0.328 e. The van der Waals surface area contributed by atoms with Gasteiger partial charge in [-0.1, -0.05) is 13.8 Å². The normalized spacial score (nSPS) is 18.3. The summed E-state index contributed by atoms with van der Waals surface area (Å²) in [5, 5.41) is 11.6. The number of carbonyl (C=O) groups is 2. The van der Waals surface area contributed by atoms with E-state index in [-0.39, 0.29) is 11.3 Å².